The summed E-state index contributed by atoms with van der Waals surface area (Å²) in [5, 5.41) is 0.920. The van der Waals surface area contributed by atoms with E-state index >= 15 is 0 Å². The molecule has 0 bridgehead atoms. The summed E-state index contributed by atoms with van der Waals surface area (Å²) in [4.78, 5) is 17.0. The van der Waals surface area contributed by atoms with Gasteiger partial charge in [0, 0.05) is 28.1 Å². The molecule has 1 saturated heterocycles. The fourth-order valence-corrected chi connectivity index (χ4v) is 4.92. The minimum absolute atomic E-state index is 0.116. The van der Waals surface area contributed by atoms with Gasteiger partial charge in [0.15, 0.2) is 0 Å². The zero-order chi connectivity index (χ0) is 17.2. The van der Waals surface area contributed by atoms with E-state index < -0.39 is 0 Å². The molecule has 4 rings (SSSR count). The van der Waals surface area contributed by atoms with E-state index in [4.69, 9.17) is 4.74 Å². The second-order valence-corrected chi connectivity index (χ2v) is 8.52. The Hall–Kier alpha value is -1.11. The number of rotatable bonds is 5. The maximum Gasteiger partial charge on any atom is 0.348 e. The SMILES string of the molecule is O=c1nc(SCc2ccc(Br)cc2)c2c(n1CC1CCCO1)CCC2. The first-order chi connectivity index (χ1) is 12.2. The van der Waals surface area contributed by atoms with E-state index in [1.54, 1.807) is 11.8 Å². The first-order valence-corrected chi connectivity index (χ1v) is 10.6. The monoisotopic (exact) mass is 420 g/mol. The van der Waals surface area contributed by atoms with Gasteiger partial charge in [0.25, 0.3) is 0 Å². The summed E-state index contributed by atoms with van der Waals surface area (Å²) < 4.78 is 8.68. The Kier molecular flexibility index (Phi) is 5.29. The van der Waals surface area contributed by atoms with Gasteiger partial charge in [-0.1, -0.05) is 28.1 Å². The quantitative estimate of drug-likeness (QED) is 0.542. The van der Waals surface area contributed by atoms with Crippen LogP contribution in [0.1, 0.15) is 36.1 Å². The lowest BCUT2D eigenvalue weighted by atomic mass is 10.2. The number of halogens is 1. The minimum Gasteiger partial charge on any atom is -0.376 e. The van der Waals surface area contributed by atoms with Crippen molar-refractivity contribution in [3.8, 4) is 0 Å². The summed E-state index contributed by atoms with van der Waals surface area (Å²) in [5.41, 5.74) is 3.59. The average molecular weight is 421 g/mol. The van der Waals surface area contributed by atoms with Gasteiger partial charge in [0.1, 0.15) is 5.03 Å². The number of thioether (sulfide) groups is 1. The largest absolute Gasteiger partial charge is 0.376 e. The number of nitrogens with zero attached hydrogens (tertiary/aromatic N) is 2. The molecule has 0 amide bonds. The predicted octanol–water partition coefficient (Wildman–Crippen LogP) is 3.97. The van der Waals surface area contributed by atoms with Gasteiger partial charge in [-0.25, -0.2) is 4.79 Å². The zero-order valence-corrected chi connectivity index (χ0v) is 16.4. The fourth-order valence-electron chi connectivity index (χ4n) is 3.62. The summed E-state index contributed by atoms with van der Waals surface area (Å²) >= 11 is 5.14. The van der Waals surface area contributed by atoms with Crippen LogP contribution in [0.25, 0.3) is 0 Å². The van der Waals surface area contributed by atoms with Crippen LogP contribution in [0, 0.1) is 0 Å². The molecule has 1 unspecified atom stereocenters. The lowest BCUT2D eigenvalue weighted by molar-refractivity contribution is 0.0950. The molecule has 25 heavy (non-hydrogen) atoms. The Labute approximate surface area is 160 Å². The van der Waals surface area contributed by atoms with Crippen LogP contribution in [0.5, 0.6) is 0 Å². The van der Waals surface area contributed by atoms with Crippen LogP contribution in [0.2, 0.25) is 0 Å². The third kappa shape index (κ3) is 3.86. The molecule has 2 heterocycles. The van der Waals surface area contributed by atoms with Crippen molar-refractivity contribution in [2.45, 2.75) is 55.5 Å². The van der Waals surface area contributed by atoms with Crippen molar-refractivity contribution in [1.29, 1.82) is 0 Å². The van der Waals surface area contributed by atoms with Gasteiger partial charge >= 0.3 is 5.69 Å². The highest BCUT2D eigenvalue weighted by atomic mass is 79.9. The number of aromatic nitrogens is 2. The van der Waals surface area contributed by atoms with Crippen LogP contribution < -0.4 is 5.69 Å². The van der Waals surface area contributed by atoms with Gasteiger partial charge in [0.05, 0.1) is 12.6 Å². The molecule has 1 fully saturated rings. The van der Waals surface area contributed by atoms with Crippen molar-refractivity contribution in [2.75, 3.05) is 6.61 Å². The highest BCUT2D eigenvalue weighted by Gasteiger charge is 2.25. The molecule has 0 saturated carbocycles. The molecule has 1 aromatic heterocycles. The maximum atomic E-state index is 12.6. The van der Waals surface area contributed by atoms with Crippen molar-refractivity contribution in [1.82, 2.24) is 9.55 Å². The number of ether oxygens (including phenoxy) is 1. The number of benzene rings is 1. The molecule has 4 nitrogen and oxygen atoms in total. The molecule has 6 heteroatoms. The highest BCUT2D eigenvalue weighted by molar-refractivity contribution is 9.10. The number of fused-ring (bicyclic) bond motifs is 1. The molecule has 132 valence electrons. The lowest BCUT2D eigenvalue weighted by Gasteiger charge is -2.17. The average Bonchev–Trinajstić information content (AvgIpc) is 3.29. The third-order valence-electron chi connectivity index (χ3n) is 4.90. The second kappa shape index (κ2) is 7.64. The summed E-state index contributed by atoms with van der Waals surface area (Å²) in [6, 6.07) is 8.31. The zero-order valence-electron chi connectivity index (χ0n) is 14.0. The van der Waals surface area contributed by atoms with Crippen LogP contribution in [0.3, 0.4) is 0 Å². The molecular weight excluding hydrogens is 400 g/mol. The Morgan fingerprint density at radius 1 is 1.24 bits per heavy atom. The Morgan fingerprint density at radius 3 is 2.84 bits per heavy atom. The standard InChI is InChI=1S/C19H21BrN2O2S/c20-14-8-6-13(7-9-14)12-25-18-16-4-1-5-17(16)22(19(23)21-18)11-15-3-2-10-24-15/h6-9,15H,1-5,10-12H2. The molecule has 2 aromatic rings. The van der Waals surface area contributed by atoms with E-state index in [2.05, 4.69) is 33.0 Å². The summed E-state index contributed by atoms with van der Waals surface area (Å²) in [6.45, 7) is 1.47. The van der Waals surface area contributed by atoms with Gasteiger partial charge in [-0.2, -0.15) is 4.98 Å². The van der Waals surface area contributed by atoms with Crippen LogP contribution in [0.4, 0.5) is 0 Å². The molecule has 2 aliphatic rings. The molecular formula is C19H21BrN2O2S. The molecule has 0 spiro atoms. The predicted molar refractivity (Wildman–Crippen MR) is 103 cm³/mol. The van der Waals surface area contributed by atoms with E-state index in [1.807, 2.05) is 16.7 Å². The first-order valence-electron chi connectivity index (χ1n) is 8.82. The van der Waals surface area contributed by atoms with Crippen molar-refractivity contribution >= 4 is 27.7 Å². The highest BCUT2D eigenvalue weighted by Crippen LogP contribution is 2.31. The van der Waals surface area contributed by atoms with E-state index in [9.17, 15) is 4.79 Å². The van der Waals surface area contributed by atoms with Crippen LogP contribution in [-0.2, 0) is 29.9 Å². The van der Waals surface area contributed by atoms with Gasteiger partial charge < -0.3 is 4.74 Å². The lowest BCUT2D eigenvalue weighted by Crippen LogP contribution is -2.31. The van der Waals surface area contributed by atoms with E-state index in [-0.39, 0.29) is 11.8 Å². The van der Waals surface area contributed by atoms with Gasteiger partial charge in [-0.3, -0.25) is 4.57 Å². The normalized spacial score (nSPS) is 19.3. The molecule has 0 radical (unpaired) electrons. The van der Waals surface area contributed by atoms with Crippen molar-refractivity contribution in [3.63, 3.8) is 0 Å². The van der Waals surface area contributed by atoms with Crippen molar-refractivity contribution in [2.24, 2.45) is 0 Å². The van der Waals surface area contributed by atoms with E-state index in [1.165, 1.54) is 16.8 Å². The van der Waals surface area contributed by atoms with Gasteiger partial charge in [-0.15, -0.1) is 11.8 Å². The smallest absolute Gasteiger partial charge is 0.348 e. The topological polar surface area (TPSA) is 44.1 Å². The first kappa shape index (κ1) is 17.3. The number of hydrogen-bond donors (Lipinski definition) is 0. The van der Waals surface area contributed by atoms with Crippen LogP contribution >= 0.6 is 27.7 Å². The Bertz CT molecular complexity index is 813. The second-order valence-electron chi connectivity index (χ2n) is 6.64. The maximum absolute atomic E-state index is 12.6. The molecule has 0 N–H and O–H groups in total. The van der Waals surface area contributed by atoms with Crippen molar-refractivity contribution < 1.29 is 4.74 Å². The van der Waals surface area contributed by atoms with Gasteiger partial charge in [0.2, 0.25) is 0 Å². The summed E-state index contributed by atoms with van der Waals surface area (Å²) in [7, 11) is 0. The van der Waals surface area contributed by atoms with Crippen LogP contribution in [0.15, 0.2) is 38.6 Å². The number of hydrogen-bond acceptors (Lipinski definition) is 4. The van der Waals surface area contributed by atoms with Crippen LogP contribution in [-0.4, -0.2) is 22.3 Å². The minimum atomic E-state index is -0.116. The molecule has 1 atom stereocenters. The Balaban J connectivity index is 1.56. The molecule has 1 aliphatic heterocycles. The van der Waals surface area contributed by atoms with Gasteiger partial charge in [-0.05, 0) is 49.8 Å². The fraction of sp³-hybridized carbons (Fsp3) is 0.474. The summed E-state index contributed by atoms with van der Waals surface area (Å²) in [6.07, 6.45) is 5.42. The molecule has 1 aliphatic carbocycles. The molecule has 1 aromatic carbocycles. The third-order valence-corrected chi connectivity index (χ3v) is 6.52. The van der Waals surface area contributed by atoms with Crippen molar-refractivity contribution in [3.05, 3.63) is 56.0 Å². The summed E-state index contributed by atoms with van der Waals surface area (Å²) in [5.74, 6) is 0.835. The van der Waals surface area contributed by atoms with E-state index in [0.29, 0.717) is 6.54 Å². The Morgan fingerprint density at radius 2 is 2.08 bits per heavy atom. The van der Waals surface area contributed by atoms with E-state index in [0.717, 1.165) is 54.0 Å².